The summed E-state index contributed by atoms with van der Waals surface area (Å²) in [6.07, 6.45) is 0. The monoisotopic (exact) mass is 274 g/mol. The Morgan fingerprint density at radius 1 is 1.30 bits per heavy atom. The molecule has 1 N–H and O–H groups in total. The molecule has 108 valence electrons. The fraction of sp³-hybridized carbons (Fsp3) is 0.500. The number of hydrogen-bond donors (Lipinski definition) is 1. The molecule has 2 rings (SSSR count). The summed E-state index contributed by atoms with van der Waals surface area (Å²) in [5.41, 5.74) is 1.93. The third-order valence-corrected chi connectivity index (χ3v) is 3.55. The number of carbonyl (C=O) groups is 2. The third kappa shape index (κ3) is 3.00. The molecule has 0 saturated carbocycles. The van der Waals surface area contributed by atoms with Gasteiger partial charge in [-0.1, -0.05) is 50.6 Å². The van der Waals surface area contributed by atoms with Crippen molar-refractivity contribution in [3.05, 3.63) is 35.4 Å². The molecule has 0 radical (unpaired) electrons. The molecular formula is C16H22N2O2. The highest BCUT2D eigenvalue weighted by atomic mass is 16.2. The van der Waals surface area contributed by atoms with Crippen molar-refractivity contribution < 1.29 is 9.59 Å². The molecule has 2 amide bonds. The van der Waals surface area contributed by atoms with Crippen LogP contribution in [0.5, 0.6) is 0 Å². The average Bonchev–Trinajstić information content (AvgIpc) is 2.32. The van der Waals surface area contributed by atoms with Crippen LogP contribution < -0.4 is 5.32 Å². The van der Waals surface area contributed by atoms with E-state index in [0.29, 0.717) is 6.54 Å². The molecule has 0 bridgehead atoms. The Morgan fingerprint density at radius 2 is 2.00 bits per heavy atom. The molecule has 1 aromatic rings. The Morgan fingerprint density at radius 3 is 2.60 bits per heavy atom. The van der Waals surface area contributed by atoms with E-state index in [-0.39, 0.29) is 23.8 Å². The molecule has 1 saturated heterocycles. The minimum atomic E-state index is -0.427. The zero-order chi connectivity index (χ0) is 14.9. The Kier molecular flexibility index (Phi) is 3.84. The summed E-state index contributed by atoms with van der Waals surface area (Å²) in [6, 6.07) is 7.62. The minimum absolute atomic E-state index is 0.0222. The Labute approximate surface area is 120 Å². The fourth-order valence-electron chi connectivity index (χ4n) is 2.69. The molecule has 20 heavy (non-hydrogen) atoms. The lowest BCUT2D eigenvalue weighted by atomic mass is 9.83. The SMILES string of the molecule is Cc1cccc(CN2C(=O)CNC(=O)C2C(C)(C)C)c1. The largest absolute Gasteiger partial charge is 0.345 e. The highest BCUT2D eigenvalue weighted by molar-refractivity contribution is 5.95. The van der Waals surface area contributed by atoms with Gasteiger partial charge in [0.1, 0.15) is 6.04 Å². The molecule has 1 atom stereocenters. The van der Waals surface area contributed by atoms with Gasteiger partial charge in [-0.2, -0.15) is 0 Å². The van der Waals surface area contributed by atoms with Crippen molar-refractivity contribution in [2.75, 3.05) is 6.54 Å². The van der Waals surface area contributed by atoms with Crippen molar-refractivity contribution in [2.45, 2.75) is 40.3 Å². The summed E-state index contributed by atoms with van der Waals surface area (Å²) in [4.78, 5) is 26.0. The first-order valence-electron chi connectivity index (χ1n) is 6.92. The van der Waals surface area contributed by atoms with Gasteiger partial charge in [0.05, 0.1) is 6.54 Å². The van der Waals surface area contributed by atoms with E-state index in [1.807, 2.05) is 45.9 Å². The van der Waals surface area contributed by atoms with Crippen LogP contribution in [0.4, 0.5) is 0 Å². The first-order valence-corrected chi connectivity index (χ1v) is 6.92. The van der Waals surface area contributed by atoms with Gasteiger partial charge in [-0.05, 0) is 17.9 Å². The molecule has 0 spiro atoms. The van der Waals surface area contributed by atoms with Crippen molar-refractivity contribution in [1.82, 2.24) is 10.2 Å². The van der Waals surface area contributed by atoms with E-state index in [4.69, 9.17) is 0 Å². The van der Waals surface area contributed by atoms with Crippen molar-refractivity contribution in [3.63, 3.8) is 0 Å². The van der Waals surface area contributed by atoms with Crippen LogP contribution in [0.2, 0.25) is 0 Å². The summed E-state index contributed by atoms with van der Waals surface area (Å²) in [5, 5.41) is 2.69. The van der Waals surface area contributed by atoms with Crippen LogP contribution in [0.25, 0.3) is 0 Å². The fourth-order valence-corrected chi connectivity index (χ4v) is 2.69. The van der Waals surface area contributed by atoms with Crippen LogP contribution in [0.15, 0.2) is 24.3 Å². The number of benzene rings is 1. The van der Waals surface area contributed by atoms with E-state index in [9.17, 15) is 9.59 Å². The first-order chi connectivity index (χ1) is 9.29. The number of carbonyl (C=O) groups excluding carboxylic acids is 2. The van der Waals surface area contributed by atoms with Crippen molar-refractivity contribution in [1.29, 1.82) is 0 Å². The maximum Gasteiger partial charge on any atom is 0.243 e. The molecule has 1 aliphatic heterocycles. The van der Waals surface area contributed by atoms with Crippen LogP contribution in [-0.4, -0.2) is 29.3 Å². The van der Waals surface area contributed by atoms with Crippen LogP contribution in [0, 0.1) is 12.3 Å². The van der Waals surface area contributed by atoms with Crippen LogP contribution in [0.1, 0.15) is 31.9 Å². The van der Waals surface area contributed by atoms with Gasteiger partial charge in [-0.3, -0.25) is 9.59 Å². The molecule has 4 heteroatoms. The quantitative estimate of drug-likeness (QED) is 0.895. The van der Waals surface area contributed by atoms with Crippen molar-refractivity contribution in [3.8, 4) is 0 Å². The van der Waals surface area contributed by atoms with Crippen LogP contribution in [-0.2, 0) is 16.1 Å². The Hall–Kier alpha value is -1.84. The normalized spacial score (nSPS) is 20.0. The van der Waals surface area contributed by atoms with E-state index < -0.39 is 6.04 Å². The number of hydrogen-bond acceptors (Lipinski definition) is 2. The zero-order valence-corrected chi connectivity index (χ0v) is 12.6. The van der Waals surface area contributed by atoms with Gasteiger partial charge < -0.3 is 10.2 Å². The highest BCUT2D eigenvalue weighted by Crippen LogP contribution is 2.28. The van der Waals surface area contributed by atoms with Gasteiger partial charge in [0.15, 0.2) is 0 Å². The topological polar surface area (TPSA) is 49.4 Å². The highest BCUT2D eigenvalue weighted by Gasteiger charge is 2.41. The standard InChI is InChI=1S/C16H22N2O2/c1-11-6-5-7-12(8-11)10-18-13(19)9-17-15(20)14(18)16(2,3)4/h5-8,14H,9-10H2,1-4H3,(H,17,20). The maximum atomic E-state index is 12.2. The zero-order valence-electron chi connectivity index (χ0n) is 12.6. The smallest absolute Gasteiger partial charge is 0.243 e. The van der Waals surface area contributed by atoms with Gasteiger partial charge in [0.25, 0.3) is 0 Å². The molecule has 1 aromatic carbocycles. The van der Waals surface area contributed by atoms with Gasteiger partial charge in [0, 0.05) is 6.54 Å². The number of nitrogens with zero attached hydrogens (tertiary/aromatic N) is 1. The van der Waals surface area contributed by atoms with E-state index in [0.717, 1.165) is 11.1 Å². The van der Waals surface area contributed by atoms with Gasteiger partial charge >= 0.3 is 0 Å². The summed E-state index contributed by atoms with van der Waals surface area (Å²) in [5.74, 6) is -0.0872. The lowest BCUT2D eigenvalue weighted by Gasteiger charge is -2.42. The van der Waals surface area contributed by atoms with Gasteiger partial charge in [0.2, 0.25) is 11.8 Å². The first kappa shape index (κ1) is 14.6. The van der Waals surface area contributed by atoms with Crippen molar-refractivity contribution >= 4 is 11.8 Å². The summed E-state index contributed by atoms with van der Waals surface area (Å²) >= 11 is 0. The van der Waals surface area contributed by atoms with Gasteiger partial charge in [-0.15, -0.1) is 0 Å². The molecule has 1 unspecified atom stereocenters. The molecule has 4 nitrogen and oxygen atoms in total. The van der Waals surface area contributed by atoms with E-state index in [1.165, 1.54) is 0 Å². The summed E-state index contributed by atoms with van der Waals surface area (Å²) < 4.78 is 0. The number of piperazine rings is 1. The number of aryl methyl sites for hydroxylation is 1. The molecule has 1 aliphatic rings. The second kappa shape index (κ2) is 5.27. The Bertz CT molecular complexity index is 532. The number of amides is 2. The molecule has 0 aromatic heterocycles. The second-order valence-electron chi connectivity index (χ2n) is 6.50. The summed E-state index contributed by atoms with van der Waals surface area (Å²) in [6.45, 7) is 8.56. The van der Waals surface area contributed by atoms with E-state index in [2.05, 4.69) is 11.4 Å². The molecule has 0 aliphatic carbocycles. The Balaban J connectivity index is 2.29. The third-order valence-electron chi connectivity index (χ3n) is 3.55. The van der Waals surface area contributed by atoms with Crippen LogP contribution >= 0.6 is 0 Å². The minimum Gasteiger partial charge on any atom is -0.345 e. The lowest BCUT2D eigenvalue weighted by molar-refractivity contribution is -0.150. The predicted octanol–water partition coefficient (Wildman–Crippen LogP) is 1.87. The number of rotatable bonds is 2. The molecular weight excluding hydrogens is 252 g/mol. The average molecular weight is 274 g/mol. The lowest BCUT2D eigenvalue weighted by Crippen LogP contribution is -2.62. The van der Waals surface area contributed by atoms with Crippen LogP contribution in [0.3, 0.4) is 0 Å². The van der Waals surface area contributed by atoms with E-state index in [1.54, 1.807) is 4.90 Å². The predicted molar refractivity (Wildman–Crippen MR) is 78.0 cm³/mol. The molecule has 1 heterocycles. The second-order valence-corrected chi connectivity index (χ2v) is 6.50. The van der Waals surface area contributed by atoms with E-state index >= 15 is 0 Å². The maximum absolute atomic E-state index is 12.2. The number of nitrogens with one attached hydrogen (secondary N) is 1. The summed E-state index contributed by atoms with van der Waals surface area (Å²) in [7, 11) is 0. The van der Waals surface area contributed by atoms with Gasteiger partial charge in [-0.25, -0.2) is 0 Å². The molecule has 1 fully saturated rings. The van der Waals surface area contributed by atoms with Crippen molar-refractivity contribution in [2.24, 2.45) is 5.41 Å².